The third-order valence-corrected chi connectivity index (χ3v) is 4.22. The summed E-state index contributed by atoms with van der Waals surface area (Å²) in [5.41, 5.74) is 1.37. The Morgan fingerprint density at radius 3 is 2.36 bits per heavy atom. The smallest absolute Gasteiger partial charge is 0.313 e. The Hall–Kier alpha value is -3.33. The highest BCUT2D eigenvalue weighted by Gasteiger charge is 2.20. The second-order valence-corrected chi connectivity index (χ2v) is 6.45. The van der Waals surface area contributed by atoms with Crippen LogP contribution in [0, 0.1) is 22.9 Å². The number of hydrogen-bond donors (Lipinski definition) is 2. The molecule has 0 aliphatic heterocycles. The third kappa shape index (κ3) is 5.34. The van der Waals surface area contributed by atoms with Gasteiger partial charge in [0.1, 0.15) is 5.82 Å². The second kappa shape index (κ2) is 9.05. The van der Waals surface area contributed by atoms with E-state index in [0.717, 1.165) is 5.56 Å². The number of carbonyl (C=O) groups excluding carboxylic acids is 2. The number of nitrogens with one attached hydrogen (secondary N) is 2. The van der Waals surface area contributed by atoms with Crippen LogP contribution in [0.25, 0.3) is 0 Å². The first-order valence-corrected chi connectivity index (χ1v) is 8.45. The molecule has 0 aliphatic carbocycles. The molecule has 148 valence electrons. The molecule has 0 heterocycles. The summed E-state index contributed by atoms with van der Waals surface area (Å²) in [4.78, 5) is 36.4. The molecule has 1 atom stereocenters. The van der Waals surface area contributed by atoms with E-state index in [-0.39, 0.29) is 29.8 Å². The predicted octanol–water partition coefficient (Wildman–Crippen LogP) is 2.40. The fourth-order valence-electron chi connectivity index (χ4n) is 2.59. The van der Waals surface area contributed by atoms with Crippen molar-refractivity contribution in [3.8, 4) is 0 Å². The molecule has 0 fully saturated rings. The highest BCUT2D eigenvalue weighted by molar-refractivity contribution is 6.39. The molecule has 28 heavy (non-hydrogen) atoms. The molecule has 9 heteroatoms. The van der Waals surface area contributed by atoms with E-state index < -0.39 is 16.7 Å². The van der Waals surface area contributed by atoms with Gasteiger partial charge >= 0.3 is 11.8 Å². The molecule has 0 spiro atoms. The summed E-state index contributed by atoms with van der Waals surface area (Å²) in [6.07, 6.45) is 0. The fourth-order valence-corrected chi connectivity index (χ4v) is 2.59. The summed E-state index contributed by atoms with van der Waals surface area (Å²) in [5.74, 6) is -2.17. The van der Waals surface area contributed by atoms with E-state index in [2.05, 4.69) is 10.6 Å². The minimum absolute atomic E-state index is 0.124. The van der Waals surface area contributed by atoms with Gasteiger partial charge in [0.2, 0.25) is 0 Å². The average Bonchev–Trinajstić information content (AvgIpc) is 2.64. The van der Waals surface area contributed by atoms with Crippen LogP contribution >= 0.6 is 0 Å². The maximum Gasteiger partial charge on any atom is 0.313 e. The maximum absolute atomic E-state index is 13.1. The van der Waals surface area contributed by atoms with Crippen LogP contribution in [0.2, 0.25) is 0 Å². The zero-order valence-corrected chi connectivity index (χ0v) is 15.7. The molecule has 1 unspecified atom stereocenters. The Kier molecular flexibility index (Phi) is 6.78. The summed E-state index contributed by atoms with van der Waals surface area (Å²) in [6.45, 7) is 1.78. The van der Waals surface area contributed by atoms with Crippen molar-refractivity contribution in [1.29, 1.82) is 0 Å². The van der Waals surface area contributed by atoms with E-state index in [9.17, 15) is 24.1 Å². The van der Waals surface area contributed by atoms with Crippen molar-refractivity contribution in [3.05, 3.63) is 69.5 Å². The number of hydrogen-bond acceptors (Lipinski definition) is 5. The van der Waals surface area contributed by atoms with Gasteiger partial charge in [-0.3, -0.25) is 19.7 Å². The van der Waals surface area contributed by atoms with Crippen molar-refractivity contribution in [1.82, 2.24) is 10.2 Å². The molecule has 0 saturated heterocycles. The molecule has 2 amide bonds. The number of nitro groups is 1. The summed E-state index contributed by atoms with van der Waals surface area (Å²) in [7, 11) is 3.60. The van der Waals surface area contributed by atoms with Crippen molar-refractivity contribution >= 4 is 23.2 Å². The highest BCUT2D eigenvalue weighted by Crippen LogP contribution is 2.22. The summed E-state index contributed by atoms with van der Waals surface area (Å²) in [5, 5.41) is 15.8. The van der Waals surface area contributed by atoms with E-state index >= 15 is 0 Å². The number of amides is 2. The van der Waals surface area contributed by atoms with Crippen molar-refractivity contribution in [2.24, 2.45) is 0 Å². The van der Waals surface area contributed by atoms with E-state index in [1.807, 2.05) is 4.90 Å². The summed E-state index contributed by atoms with van der Waals surface area (Å²) >= 11 is 0. The molecule has 2 N–H and O–H groups in total. The third-order valence-electron chi connectivity index (χ3n) is 4.22. The minimum Gasteiger partial charge on any atom is -0.346 e. The van der Waals surface area contributed by atoms with Crippen LogP contribution in [-0.2, 0) is 9.59 Å². The number of nitro benzene ring substituents is 1. The number of aryl methyl sites for hydroxylation is 1. The largest absolute Gasteiger partial charge is 0.346 e. The van der Waals surface area contributed by atoms with Crippen LogP contribution in [0.4, 0.5) is 15.8 Å². The number of anilines is 1. The van der Waals surface area contributed by atoms with Crippen LogP contribution in [0.3, 0.4) is 0 Å². The van der Waals surface area contributed by atoms with E-state index in [4.69, 9.17) is 0 Å². The number of benzene rings is 2. The number of carbonyl (C=O) groups is 2. The molecule has 2 aromatic rings. The molecule has 2 aromatic carbocycles. The molecule has 0 aromatic heterocycles. The molecular weight excluding hydrogens is 367 g/mol. The van der Waals surface area contributed by atoms with E-state index in [0.29, 0.717) is 5.56 Å². The topological polar surface area (TPSA) is 105 Å². The van der Waals surface area contributed by atoms with Gasteiger partial charge in [0.25, 0.3) is 5.69 Å². The summed E-state index contributed by atoms with van der Waals surface area (Å²) in [6, 6.07) is 9.60. The van der Waals surface area contributed by atoms with Crippen LogP contribution in [0.5, 0.6) is 0 Å². The lowest BCUT2D eigenvalue weighted by Gasteiger charge is -2.25. The second-order valence-electron chi connectivity index (χ2n) is 6.45. The molecule has 0 saturated carbocycles. The Labute approximate surface area is 161 Å². The van der Waals surface area contributed by atoms with E-state index in [1.165, 1.54) is 30.3 Å². The van der Waals surface area contributed by atoms with Gasteiger partial charge < -0.3 is 15.5 Å². The minimum atomic E-state index is -0.930. The lowest BCUT2D eigenvalue weighted by Crippen LogP contribution is -2.40. The molecular formula is C19H21FN4O4. The highest BCUT2D eigenvalue weighted by atomic mass is 19.1. The Balaban J connectivity index is 2.03. The first kappa shape index (κ1) is 21.0. The lowest BCUT2D eigenvalue weighted by atomic mass is 10.1. The van der Waals surface area contributed by atoms with Gasteiger partial charge in [-0.05, 0) is 44.3 Å². The van der Waals surface area contributed by atoms with Crippen molar-refractivity contribution < 1.29 is 18.9 Å². The predicted molar refractivity (Wildman–Crippen MR) is 102 cm³/mol. The number of non-ortho nitro benzene ring substituents is 1. The Bertz CT molecular complexity index is 884. The number of nitrogens with zero attached hydrogens (tertiary/aromatic N) is 2. The van der Waals surface area contributed by atoms with Crippen LogP contribution < -0.4 is 10.6 Å². The van der Waals surface area contributed by atoms with Gasteiger partial charge in [-0.15, -0.1) is 0 Å². The standard InChI is InChI=1S/C19H21FN4O4/c1-12-4-9-15(24(27)28)10-16(12)22-19(26)18(25)21-11-17(23(2)3)13-5-7-14(20)8-6-13/h4-10,17H,11H2,1-3H3,(H,21,25)(H,22,26). The first-order chi connectivity index (χ1) is 13.2. The number of rotatable bonds is 6. The van der Waals surface area contributed by atoms with Crippen molar-refractivity contribution in [2.75, 3.05) is 26.0 Å². The quantitative estimate of drug-likeness (QED) is 0.449. The summed E-state index contributed by atoms with van der Waals surface area (Å²) < 4.78 is 13.1. The SMILES string of the molecule is Cc1ccc([N+](=O)[O-])cc1NC(=O)C(=O)NCC(c1ccc(F)cc1)N(C)C. The Morgan fingerprint density at radius 1 is 1.14 bits per heavy atom. The van der Waals surface area contributed by atoms with Crippen molar-refractivity contribution in [2.45, 2.75) is 13.0 Å². The van der Waals surface area contributed by atoms with E-state index in [1.54, 1.807) is 33.2 Å². The van der Waals surface area contributed by atoms with Gasteiger partial charge in [-0.25, -0.2) is 4.39 Å². The monoisotopic (exact) mass is 388 g/mol. The van der Waals surface area contributed by atoms with Gasteiger partial charge in [-0.2, -0.15) is 0 Å². The Morgan fingerprint density at radius 2 is 1.79 bits per heavy atom. The maximum atomic E-state index is 13.1. The zero-order valence-electron chi connectivity index (χ0n) is 15.7. The molecule has 8 nitrogen and oxygen atoms in total. The number of halogens is 1. The zero-order chi connectivity index (χ0) is 20.8. The molecule has 2 rings (SSSR count). The van der Waals surface area contributed by atoms with Gasteiger partial charge in [-0.1, -0.05) is 18.2 Å². The first-order valence-electron chi connectivity index (χ1n) is 8.45. The van der Waals surface area contributed by atoms with Gasteiger partial charge in [0.15, 0.2) is 0 Å². The van der Waals surface area contributed by atoms with Gasteiger partial charge in [0.05, 0.1) is 16.7 Å². The lowest BCUT2D eigenvalue weighted by molar-refractivity contribution is -0.384. The van der Waals surface area contributed by atoms with Crippen molar-refractivity contribution in [3.63, 3.8) is 0 Å². The van der Waals surface area contributed by atoms with Crippen LogP contribution in [0.1, 0.15) is 17.2 Å². The fraction of sp³-hybridized carbons (Fsp3) is 0.263. The number of likely N-dealkylation sites (N-methyl/N-ethyl adjacent to an activating group) is 1. The normalized spacial score (nSPS) is 11.8. The van der Waals surface area contributed by atoms with Gasteiger partial charge in [0, 0.05) is 18.7 Å². The molecule has 0 bridgehead atoms. The van der Waals surface area contributed by atoms with Crippen LogP contribution in [0.15, 0.2) is 42.5 Å². The molecule has 0 aliphatic rings. The van der Waals surface area contributed by atoms with Crippen LogP contribution in [-0.4, -0.2) is 42.3 Å². The average molecular weight is 388 g/mol. The molecule has 0 radical (unpaired) electrons.